The van der Waals surface area contributed by atoms with E-state index in [-0.39, 0.29) is 17.8 Å². The maximum absolute atomic E-state index is 12.3. The molecule has 0 atom stereocenters. The zero-order chi connectivity index (χ0) is 17.8. The first-order chi connectivity index (χ1) is 12.0. The van der Waals surface area contributed by atoms with Crippen molar-refractivity contribution in [2.75, 3.05) is 0 Å². The summed E-state index contributed by atoms with van der Waals surface area (Å²) < 4.78 is 1.61. The van der Waals surface area contributed by atoms with Crippen LogP contribution < -0.4 is 5.32 Å². The Balaban J connectivity index is 1.74. The van der Waals surface area contributed by atoms with E-state index in [0.717, 1.165) is 11.8 Å². The van der Waals surface area contributed by atoms with Crippen LogP contribution in [-0.2, 0) is 6.54 Å². The summed E-state index contributed by atoms with van der Waals surface area (Å²) in [4.78, 5) is 30.7. The minimum atomic E-state index is -0.581. The van der Waals surface area contributed by atoms with Crippen LogP contribution in [0.25, 0.3) is 5.82 Å². The topological polar surface area (TPSA) is 116 Å². The number of nitro groups is 1. The van der Waals surface area contributed by atoms with Crippen molar-refractivity contribution in [1.29, 1.82) is 0 Å². The number of carbonyl (C=O) groups excluding carboxylic acids is 1. The van der Waals surface area contributed by atoms with Gasteiger partial charge in [0.25, 0.3) is 11.6 Å². The normalized spacial score (nSPS) is 10.4. The first kappa shape index (κ1) is 16.2. The Bertz CT molecular complexity index is 923. The van der Waals surface area contributed by atoms with Crippen LogP contribution in [0.5, 0.6) is 0 Å². The van der Waals surface area contributed by atoms with Crippen LogP contribution in [0.3, 0.4) is 0 Å². The van der Waals surface area contributed by atoms with Crippen LogP contribution in [0, 0.1) is 17.0 Å². The number of nitrogens with one attached hydrogen (secondary N) is 1. The Hall–Kier alpha value is -3.62. The largest absolute Gasteiger partial charge is 0.348 e. The lowest BCUT2D eigenvalue weighted by Gasteiger charge is -2.08. The second-order valence-electron chi connectivity index (χ2n) is 5.24. The molecule has 0 saturated heterocycles. The highest BCUT2D eigenvalue weighted by molar-refractivity contribution is 5.95. The van der Waals surface area contributed by atoms with Gasteiger partial charge >= 0.3 is 0 Å². The van der Waals surface area contributed by atoms with Crippen molar-refractivity contribution < 1.29 is 9.72 Å². The Kier molecular flexibility index (Phi) is 4.46. The lowest BCUT2D eigenvalue weighted by molar-refractivity contribution is -0.385. The van der Waals surface area contributed by atoms with Gasteiger partial charge in [-0.1, -0.05) is 0 Å². The fourth-order valence-electron chi connectivity index (χ4n) is 2.23. The smallest absolute Gasteiger partial charge is 0.288 e. The van der Waals surface area contributed by atoms with Gasteiger partial charge in [-0.2, -0.15) is 5.10 Å². The van der Waals surface area contributed by atoms with Crippen LogP contribution in [-0.4, -0.2) is 30.6 Å². The van der Waals surface area contributed by atoms with E-state index in [9.17, 15) is 14.9 Å². The van der Waals surface area contributed by atoms with Gasteiger partial charge in [-0.25, -0.2) is 9.67 Å². The fourth-order valence-corrected chi connectivity index (χ4v) is 2.23. The molecule has 9 nitrogen and oxygen atoms in total. The number of carbonyl (C=O) groups is 1. The third-order valence-corrected chi connectivity index (χ3v) is 3.53. The van der Waals surface area contributed by atoms with Gasteiger partial charge in [0.2, 0.25) is 0 Å². The predicted octanol–water partition coefficient (Wildman–Crippen LogP) is 1.81. The van der Waals surface area contributed by atoms with Crippen LogP contribution in [0.4, 0.5) is 5.69 Å². The molecule has 0 spiro atoms. The van der Waals surface area contributed by atoms with E-state index in [4.69, 9.17) is 0 Å². The van der Waals surface area contributed by atoms with Gasteiger partial charge in [0.05, 0.1) is 16.2 Å². The number of hydrogen-bond acceptors (Lipinski definition) is 6. The molecule has 126 valence electrons. The highest BCUT2D eigenvalue weighted by atomic mass is 16.6. The van der Waals surface area contributed by atoms with E-state index in [0.29, 0.717) is 11.5 Å². The van der Waals surface area contributed by atoms with E-state index < -0.39 is 10.8 Å². The van der Waals surface area contributed by atoms with Gasteiger partial charge in [-0.15, -0.1) is 0 Å². The average molecular weight is 338 g/mol. The molecule has 0 saturated carbocycles. The van der Waals surface area contributed by atoms with Crippen molar-refractivity contribution in [2.45, 2.75) is 13.5 Å². The zero-order valence-electron chi connectivity index (χ0n) is 13.3. The van der Waals surface area contributed by atoms with Crippen molar-refractivity contribution in [1.82, 2.24) is 25.1 Å². The second kappa shape index (κ2) is 6.87. The van der Waals surface area contributed by atoms with Crippen LogP contribution >= 0.6 is 0 Å². The molecule has 3 aromatic heterocycles. The molecule has 0 fully saturated rings. The molecule has 3 aromatic rings. The van der Waals surface area contributed by atoms with Crippen molar-refractivity contribution in [2.24, 2.45) is 0 Å². The summed E-state index contributed by atoms with van der Waals surface area (Å²) in [6, 6.07) is 6.57. The third-order valence-electron chi connectivity index (χ3n) is 3.53. The predicted molar refractivity (Wildman–Crippen MR) is 88.2 cm³/mol. The summed E-state index contributed by atoms with van der Waals surface area (Å²) in [5.41, 5.74) is 1.20. The second-order valence-corrected chi connectivity index (χ2v) is 5.24. The molecular weight excluding hydrogens is 324 g/mol. The molecule has 1 N–H and O–H groups in total. The maximum Gasteiger partial charge on any atom is 0.288 e. The van der Waals surface area contributed by atoms with E-state index in [2.05, 4.69) is 20.4 Å². The molecule has 25 heavy (non-hydrogen) atoms. The van der Waals surface area contributed by atoms with E-state index >= 15 is 0 Å². The molecule has 1 amide bonds. The Morgan fingerprint density at radius 2 is 2.16 bits per heavy atom. The van der Waals surface area contributed by atoms with Gasteiger partial charge in [0, 0.05) is 31.2 Å². The van der Waals surface area contributed by atoms with Crippen molar-refractivity contribution in [3.8, 4) is 5.82 Å². The molecular formula is C16H14N6O3. The summed E-state index contributed by atoms with van der Waals surface area (Å²) in [6.45, 7) is 1.87. The van der Waals surface area contributed by atoms with Crippen molar-refractivity contribution in [3.05, 3.63) is 76.0 Å². The Labute approximate surface area is 142 Å². The van der Waals surface area contributed by atoms with Gasteiger partial charge in [-0.05, 0) is 30.7 Å². The summed E-state index contributed by atoms with van der Waals surface area (Å²) in [5, 5.41) is 17.7. The van der Waals surface area contributed by atoms with E-state index in [1.807, 2.05) is 0 Å². The minimum absolute atomic E-state index is 0.176. The highest BCUT2D eigenvalue weighted by Gasteiger charge is 2.15. The molecule has 0 aliphatic rings. The SMILES string of the molecule is Cc1ncc([N+](=O)[O-])cc1C(=O)NCc1ccnc(-n2cccn2)c1. The van der Waals surface area contributed by atoms with Gasteiger partial charge < -0.3 is 5.32 Å². The summed E-state index contributed by atoms with van der Waals surface area (Å²) >= 11 is 0. The monoisotopic (exact) mass is 338 g/mol. The summed E-state index contributed by atoms with van der Waals surface area (Å²) in [7, 11) is 0. The Morgan fingerprint density at radius 3 is 2.88 bits per heavy atom. The Morgan fingerprint density at radius 1 is 1.32 bits per heavy atom. The maximum atomic E-state index is 12.3. The zero-order valence-corrected chi connectivity index (χ0v) is 13.3. The highest BCUT2D eigenvalue weighted by Crippen LogP contribution is 2.15. The summed E-state index contributed by atoms with van der Waals surface area (Å²) in [6.07, 6.45) is 6.17. The number of nitrogens with zero attached hydrogens (tertiary/aromatic N) is 5. The molecule has 3 rings (SSSR count). The first-order valence-electron chi connectivity index (χ1n) is 7.39. The standard InChI is InChI=1S/C16H14N6O3/c1-11-14(8-13(10-18-11)22(24)25)16(23)19-9-12-3-5-17-15(7-12)21-6-2-4-20-21/h2-8,10H,9H2,1H3,(H,19,23). The van der Waals surface area contributed by atoms with Crippen LogP contribution in [0.2, 0.25) is 0 Å². The number of pyridine rings is 2. The molecule has 0 aromatic carbocycles. The molecule has 0 aliphatic heterocycles. The number of aromatic nitrogens is 4. The van der Waals surface area contributed by atoms with Crippen LogP contribution in [0.15, 0.2) is 49.1 Å². The van der Waals surface area contributed by atoms with Crippen molar-refractivity contribution in [3.63, 3.8) is 0 Å². The molecule has 0 radical (unpaired) electrons. The first-order valence-corrected chi connectivity index (χ1v) is 7.39. The quantitative estimate of drug-likeness (QED) is 0.560. The number of hydrogen-bond donors (Lipinski definition) is 1. The number of amides is 1. The average Bonchev–Trinajstić information content (AvgIpc) is 3.15. The molecule has 0 unspecified atom stereocenters. The minimum Gasteiger partial charge on any atom is -0.348 e. The van der Waals surface area contributed by atoms with Gasteiger partial charge in [-0.3, -0.25) is 19.9 Å². The molecule has 3 heterocycles. The number of aryl methyl sites for hydroxylation is 1. The molecule has 0 bridgehead atoms. The number of rotatable bonds is 5. The lowest BCUT2D eigenvalue weighted by Crippen LogP contribution is -2.24. The van der Waals surface area contributed by atoms with Crippen molar-refractivity contribution >= 4 is 11.6 Å². The lowest BCUT2D eigenvalue weighted by atomic mass is 10.1. The fraction of sp³-hybridized carbons (Fsp3) is 0.125. The van der Waals surface area contributed by atoms with Crippen LogP contribution in [0.1, 0.15) is 21.6 Å². The summed E-state index contributed by atoms with van der Waals surface area (Å²) in [5.74, 6) is 0.205. The van der Waals surface area contributed by atoms with E-state index in [1.165, 1.54) is 6.07 Å². The molecule has 0 aliphatic carbocycles. The van der Waals surface area contributed by atoms with E-state index in [1.54, 1.807) is 48.4 Å². The molecule has 9 heteroatoms. The third kappa shape index (κ3) is 3.66. The van der Waals surface area contributed by atoms with Gasteiger partial charge in [0.1, 0.15) is 6.20 Å². The van der Waals surface area contributed by atoms with Gasteiger partial charge in [0.15, 0.2) is 5.82 Å².